The number of hydrogen-bond acceptors (Lipinski definition) is 2. The van der Waals surface area contributed by atoms with Gasteiger partial charge in [-0.1, -0.05) is 6.08 Å². The quantitative estimate of drug-likeness (QED) is 0.573. The standard InChI is InChI=1S/C7H11NO2/c1-4-5(2)8-7(10)6(3)9/h4H,1-3H3,(H,8,10). The van der Waals surface area contributed by atoms with Gasteiger partial charge in [0.25, 0.3) is 5.91 Å². The van der Waals surface area contributed by atoms with E-state index in [2.05, 4.69) is 5.32 Å². The van der Waals surface area contributed by atoms with Crippen molar-refractivity contribution >= 4 is 11.7 Å². The van der Waals surface area contributed by atoms with E-state index in [0.29, 0.717) is 5.70 Å². The molecule has 0 aliphatic carbocycles. The second-order valence-corrected chi connectivity index (χ2v) is 1.98. The van der Waals surface area contributed by atoms with Gasteiger partial charge in [-0.3, -0.25) is 9.59 Å². The minimum Gasteiger partial charge on any atom is -0.324 e. The van der Waals surface area contributed by atoms with Gasteiger partial charge in [-0.15, -0.1) is 0 Å². The first kappa shape index (κ1) is 8.88. The third-order valence-corrected chi connectivity index (χ3v) is 1.06. The summed E-state index contributed by atoms with van der Waals surface area (Å²) in [5.41, 5.74) is 0.695. The molecule has 0 radical (unpaired) electrons. The van der Waals surface area contributed by atoms with Crippen LogP contribution in [-0.4, -0.2) is 11.7 Å². The van der Waals surface area contributed by atoms with E-state index in [4.69, 9.17) is 0 Å². The van der Waals surface area contributed by atoms with Gasteiger partial charge in [-0.2, -0.15) is 0 Å². The van der Waals surface area contributed by atoms with Crippen LogP contribution >= 0.6 is 0 Å². The second kappa shape index (κ2) is 3.82. The molecule has 0 spiro atoms. The Labute approximate surface area is 60.1 Å². The van der Waals surface area contributed by atoms with Crippen LogP contribution in [0, 0.1) is 0 Å². The molecule has 0 bridgehead atoms. The summed E-state index contributed by atoms with van der Waals surface area (Å²) >= 11 is 0. The Balaban J connectivity index is 3.93. The molecule has 0 aromatic carbocycles. The summed E-state index contributed by atoms with van der Waals surface area (Å²) in [6.45, 7) is 4.74. The van der Waals surface area contributed by atoms with E-state index in [1.54, 1.807) is 19.9 Å². The first-order valence-corrected chi connectivity index (χ1v) is 3.02. The lowest BCUT2D eigenvalue weighted by molar-refractivity contribution is -0.136. The first-order chi connectivity index (χ1) is 4.57. The van der Waals surface area contributed by atoms with Crippen molar-refractivity contribution in [1.29, 1.82) is 0 Å². The number of amides is 1. The van der Waals surface area contributed by atoms with Crippen molar-refractivity contribution in [2.24, 2.45) is 0 Å². The van der Waals surface area contributed by atoms with Gasteiger partial charge in [0.1, 0.15) is 0 Å². The Kier molecular flexibility index (Phi) is 3.39. The van der Waals surface area contributed by atoms with Crippen LogP contribution in [0.15, 0.2) is 11.8 Å². The minimum atomic E-state index is -0.560. The van der Waals surface area contributed by atoms with Crippen LogP contribution in [0.2, 0.25) is 0 Å². The number of ketones is 1. The maximum Gasteiger partial charge on any atom is 0.291 e. The summed E-state index contributed by atoms with van der Waals surface area (Å²) < 4.78 is 0. The van der Waals surface area contributed by atoms with Gasteiger partial charge in [0.15, 0.2) is 0 Å². The van der Waals surface area contributed by atoms with Crippen molar-refractivity contribution in [3.05, 3.63) is 11.8 Å². The highest BCUT2D eigenvalue weighted by Crippen LogP contribution is 1.84. The Morgan fingerprint density at radius 3 is 2.10 bits per heavy atom. The Bertz CT molecular complexity index is 182. The number of rotatable bonds is 2. The maximum atomic E-state index is 10.6. The molecular formula is C7H11NO2. The number of Topliss-reactive ketones (excluding diaryl/α,β-unsaturated/α-hetero) is 1. The Hall–Kier alpha value is -1.12. The van der Waals surface area contributed by atoms with E-state index in [1.807, 2.05) is 0 Å². The van der Waals surface area contributed by atoms with Gasteiger partial charge >= 0.3 is 0 Å². The molecule has 0 unspecified atom stereocenters. The zero-order valence-corrected chi connectivity index (χ0v) is 6.39. The fourth-order valence-corrected chi connectivity index (χ4v) is 0.339. The molecule has 0 aliphatic heterocycles. The lowest BCUT2D eigenvalue weighted by atomic mass is 10.4. The molecule has 0 heterocycles. The number of hydrogen-bond donors (Lipinski definition) is 1. The highest BCUT2D eigenvalue weighted by atomic mass is 16.2. The van der Waals surface area contributed by atoms with Gasteiger partial charge in [0, 0.05) is 12.6 Å². The molecule has 0 saturated heterocycles. The number of nitrogens with one attached hydrogen (secondary N) is 1. The number of allylic oxidation sites excluding steroid dienone is 2. The summed E-state index contributed by atoms with van der Waals surface area (Å²) in [5.74, 6) is -1.03. The van der Waals surface area contributed by atoms with E-state index in [0.717, 1.165) is 0 Å². The average molecular weight is 141 g/mol. The topological polar surface area (TPSA) is 46.2 Å². The van der Waals surface area contributed by atoms with Crippen molar-refractivity contribution in [3.63, 3.8) is 0 Å². The molecule has 0 aliphatic rings. The SMILES string of the molecule is CC=C(C)NC(=O)C(C)=O. The predicted molar refractivity (Wildman–Crippen MR) is 38.3 cm³/mol. The van der Waals surface area contributed by atoms with Crippen LogP contribution in [0.5, 0.6) is 0 Å². The van der Waals surface area contributed by atoms with Gasteiger partial charge in [-0.05, 0) is 13.8 Å². The molecule has 0 saturated carbocycles. The maximum absolute atomic E-state index is 10.6. The minimum absolute atomic E-state index is 0.471. The van der Waals surface area contributed by atoms with Crippen molar-refractivity contribution in [3.8, 4) is 0 Å². The normalized spacial score (nSPS) is 10.9. The fraction of sp³-hybridized carbons (Fsp3) is 0.429. The molecular weight excluding hydrogens is 130 g/mol. The number of carbonyl (C=O) groups excluding carboxylic acids is 2. The van der Waals surface area contributed by atoms with Crippen LogP contribution in [0.4, 0.5) is 0 Å². The zero-order valence-electron chi connectivity index (χ0n) is 6.39. The molecule has 1 amide bonds. The third-order valence-electron chi connectivity index (χ3n) is 1.06. The summed E-state index contributed by atoms with van der Waals surface area (Å²) in [5, 5.41) is 2.40. The van der Waals surface area contributed by atoms with Crippen LogP contribution in [0.1, 0.15) is 20.8 Å². The van der Waals surface area contributed by atoms with E-state index >= 15 is 0 Å². The van der Waals surface area contributed by atoms with Gasteiger partial charge in [0.2, 0.25) is 5.78 Å². The summed E-state index contributed by atoms with van der Waals surface area (Å²) in [4.78, 5) is 21.0. The molecule has 3 heteroatoms. The van der Waals surface area contributed by atoms with Crippen LogP contribution in [0.25, 0.3) is 0 Å². The van der Waals surface area contributed by atoms with Gasteiger partial charge in [-0.25, -0.2) is 0 Å². The molecule has 0 aromatic rings. The number of carbonyl (C=O) groups is 2. The molecule has 1 N–H and O–H groups in total. The lowest BCUT2D eigenvalue weighted by Gasteiger charge is -1.99. The van der Waals surface area contributed by atoms with Gasteiger partial charge in [0.05, 0.1) is 0 Å². The molecule has 0 fully saturated rings. The van der Waals surface area contributed by atoms with Crippen molar-refractivity contribution in [1.82, 2.24) is 5.32 Å². The molecule has 0 rings (SSSR count). The zero-order chi connectivity index (χ0) is 8.15. The molecule has 3 nitrogen and oxygen atoms in total. The van der Waals surface area contributed by atoms with E-state index < -0.39 is 11.7 Å². The molecule has 10 heavy (non-hydrogen) atoms. The molecule has 0 aromatic heterocycles. The van der Waals surface area contributed by atoms with E-state index in [1.165, 1.54) is 6.92 Å². The summed E-state index contributed by atoms with van der Waals surface area (Å²) in [7, 11) is 0. The summed E-state index contributed by atoms with van der Waals surface area (Å²) in [6.07, 6.45) is 1.72. The van der Waals surface area contributed by atoms with Crippen molar-refractivity contribution < 1.29 is 9.59 Å². The van der Waals surface area contributed by atoms with Crippen LogP contribution in [-0.2, 0) is 9.59 Å². The van der Waals surface area contributed by atoms with E-state index in [-0.39, 0.29) is 0 Å². The van der Waals surface area contributed by atoms with Crippen molar-refractivity contribution in [2.75, 3.05) is 0 Å². The van der Waals surface area contributed by atoms with Crippen LogP contribution in [0.3, 0.4) is 0 Å². The second-order valence-electron chi connectivity index (χ2n) is 1.98. The third kappa shape index (κ3) is 3.02. The predicted octanol–water partition coefficient (Wildman–Crippen LogP) is 0.615. The largest absolute Gasteiger partial charge is 0.324 e. The highest BCUT2D eigenvalue weighted by molar-refractivity contribution is 6.35. The Morgan fingerprint density at radius 1 is 1.30 bits per heavy atom. The Morgan fingerprint density at radius 2 is 1.80 bits per heavy atom. The monoisotopic (exact) mass is 141 g/mol. The highest BCUT2D eigenvalue weighted by Gasteiger charge is 2.05. The molecule has 56 valence electrons. The average Bonchev–Trinajstić information content (AvgIpc) is 1.87. The summed E-state index contributed by atoms with van der Waals surface area (Å²) in [6, 6.07) is 0. The fourth-order valence-electron chi connectivity index (χ4n) is 0.339. The van der Waals surface area contributed by atoms with Crippen molar-refractivity contribution in [2.45, 2.75) is 20.8 Å². The molecule has 0 atom stereocenters. The van der Waals surface area contributed by atoms with E-state index in [9.17, 15) is 9.59 Å². The smallest absolute Gasteiger partial charge is 0.291 e. The first-order valence-electron chi connectivity index (χ1n) is 3.02. The lowest BCUT2D eigenvalue weighted by Crippen LogP contribution is -2.27. The van der Waals surface area contributed by atoms with Gasteiger partial charge < -0.3 is 5.32 Å². The van der Waals surface area contributed by atoms with Crippen LogP contribution < -0.4 is 5.32 Å².